The lowest BCUT2D eigenvalue weighted by Crippen LogP contribution is -1.98. The number of fused-ring (bicyclic) bond motifs is 1. The van der Waals surface area contributed by atoms with Crippen molar-refractivity contribution in [1.82, 2.24) is 4.98 Å². The topological polar surface area (TPSA) is 68.7 Å². The molecule has 1 aromatic carbocycles. The Morgan fingerprint density at radius 3 is 2.63 bits per heavy atom. The molecule has 0 spiro atoms. The number of methoxy groups -OCH3 is 2. The van der Waals surface area contributed by atoms with E-state index in [4.69, 9.17) is 14.6 Å². The van der Waals surface area contributed by atoms with Gasteiger partial charge in [-0.2, -0.15) is 0 Å². The minimum Gasteiger partial charge on any atom is -0.493 e. The van der Waals surface area contributed by atoms with Gasteiger partial charge in [-0.3, -0.25) is 4.79 Å². The summed E-state index contributed by atoms with van der Waals surface area (Å²) in [6, 6.07) is 5.51. The minimum absolute atomic E-state index is 0.0273. The molecule has 0 aliphatic carbocycles. The fourth-order valence-corrected chi connectivity index (χ4v) is 2.45. The number of benzene rings is 1. The van der Waals surface area contributed by atoms with Gasteiger partial charge in [0.2, 0.25) is 0 Å². The van der Waals surface area contributed by atoms with Crippen molar-refractivity contribution < 1.29 is 19.4 Å². The first kappa shape index (κ1) is 13.5. The number of carbonyl (C=O) groups is 1. The first-order chi connectivity index (χ1) is 9.15. The van der Waals surface area contributed by atoms with Gasteiger partial charge in [-0.1, -0.05) is 11.8 Å². The largest absolute Gasteiger partial charge is 0.493 e. The molecular formula is C13H13NO4S. The van der Waals surface area contributed by atoms with Crippen molar-refractivity contribution in [2.75, 3.05) is 20.0 Å². The maximum atomic E-state index is 10.6. The lowest BCUT2D eigenvalue weighted by atomic mass is 10.1. The summed E-state index contributed by atoms with van der Waals surface area (Å²) in [6.07, 6.45) is 1.65. The molecule has 1 N–H and O–H groups in total. The predicted molar refractivity (Wildman–Crippen MR) is 73.2 cm³/mol. The Kier molecular flexibility index (Phi) is 4.11. The van der Waals surface area contributed by atoms with Crippen LogP contribution in [0, 0.1) is 0 Å². The molecule has 1 heterocycles. The number of hydrogen-bond donors (Lipinski definition) is 1. The Labute approximate surface area is 114 Å². The number of pyridine rings is 1. The standard InChI is InChI=1S/C13H13NO4S/c1-17-10-5-8-3-4-14-13(19-7-12(15)16)9(8)6-11(10)18-2/h3-6H,7H2,1-2H3,(H,15,16). The number of aromatic nitrogens is 1. The summed E-state index contributed by atoms with van der Waals surface area (Å²) in [5.41, 5.74) is 0. The lowest BCUT2D eigenvalue weighted by Gasteiger charge is -2.10. The van der Waals surface area contributed by atoms with Crippen molar-refractivity contribution in [2.45, 2.75) is 5.03 Å². The van der Waals surface area contributed by atoms with Crippen molar-refractivity contribution >= 4 is 28.5 Å². The Hall–Kier alpha value is -1.95. The second-order valence-corrected chi connectivity index (χ2v) is 4.69. The van der Waals surface area contributed by atoms with Gasteiger partial charge in [-0.25, -0.2) is 4.98 Å². The zero-order valence-electron chi connectivity index (χ0n) is 10.5. The van der Waals surface area contributed by atoms with E-state index >= 15 is 0 Å². The second-order valence-electron chi connectivity index (χ2n) is 3.73. The van der Waals surface area contributed by atoms with E-state index in [0.29, 0.717) is 16.5 Å². The Morgan fingerprint density at radius 2 is 2.00 bits per heavy atom. The molecule has 2 aromatic rings. The van der Waals surface area contributed by atoms with Gasteiger partial charge in [0, 0.05) is 11.6 Å². The van der Waals surface area contributed by atoms with Gasteiger partial charge in [0.05, 0.1) is 20.0 Å². The number of thioether (sulfide) groups is 1. The van der Waals surface area contributed by atoms with E-state index in [9.17, 15) is 4.79 Å². The normalized spacial score (nSPS) is 10.4. The van der Waals surface area contributed by atoms with Crippen LogP contribution in [0.3, 0.4) is 0 Å². The molecule has 5 nitrogen and oxygen atoms in total. The van der Waals surface area contributed by atoms with Crippen molar-refractivity contribution in [3.05, 3.63) is 24.4 Å². The van der Waals surface area contributed by atoms with Gasteiger partial charge in [0.1, 0.15) is 5.03 Å². The van der Waals surface area contributed by atoms with E-state index < -0.39 is 5.97 Å². The molecule has 0 aliphatic heterocycles. The van der Waals surface area contributed by atoms with Gasteiger partial charge in [0.25, 0.3) is 0 Å². The molecule has 6 heteroatoms. The summed E-state index contributed by atoms with van der Waals surface area (Å²) in [5, 5.41) is 11.2. The maximum Gasteiger partial charge on any atom is 0.313 e. The van der Waals surface area contributed by atoms with Crippen LogP contribution in [0.4, 0.5) is 0 Å². The molecule has 1 aromatic heterocycles. The SMILES string of the molecule is COc1cc2ccnc(SCC(=O)O)c2cc1OC. The van der Waals surface area contributed by atoms with Gasteiger partial charge >= 0.3 is 5.97 Å². The van der Waals surface area contributed by atoms with Crippen LogP contribution in [0.15, 0.2) is 29.4 Å². The highest BCUT2D eigenvalue weighted by Gasteiger charge is 2.11. The van der Waals surface area contributed by atoms with Crippen molar-refractivity contribution in [3.63, 3.8) is 0 Å². The highest BCUT2D eigenvalue weighted by Crippen LogP contribution is 2.35. The molecule has 0 fully saturated rings. The molecule has 0 unspecified atom stereocenters. The Balaban J connectivity index is 2.51. The van der Waals surface area contributed by atoms with Crippen LogP contribution < -0.4 is 9.47 Å². The summed E-state index contributed by atoms with van der Waals surface area (Å²) in [5.74, 6) is 0.334. The van der Waals surface area contributed by atoms with E-state index in [1.54, 1.807) is 20.4 Å². The van der Waals surface area contributed by atoms with Crippen LogP contribution in [0.25, 0.3) is 10.8 Å². The molecular weight excluding hydrogens is 266 g/mol. The van der Waals surface area contributed by atoms with Gasteiger partial charge in [0.15, 0.2) is 11.5 Å². The van der Waals surface area contributed by atoms with Gasteiger partial charge in [-0.15, -0.1) is 0 Å². The van der Waals surface area contributed by atoms with Gasteiger partial charge in [-0.05, 0) is 23.6 Å². The number of rotatable bonds is 5. The third kappa shape index (κ3) is 2.90. The second kappa shape index (κ2) is 5.79. The minimum atomic E-state index is -0.871. The first-order valence-electron chi connectivity index (χ1n) is 5.51. The molecule has 0 saturated carbocycles. The predicted octanol–water partition coefficient (Wildman–Crippen LogP) is 2.43. The van der Waals surface area contributed by atoms with Crippen LogP contribution in [0.5, 0.6) is 11.5 Å². The van der Waals surface area contributed by atoms with Crippen LogP contribution in [0.1, 0.15) is 0 Å². The third-order valence-corrected chi connectivity index (χ3v) is 3.55. The number of carboxylic acids is 1. The number of nitrogens with zero attached hydrogens (tertiary/aromatic N) is 1. The molecule has 19 heavy (non-hydrogen) atoms. The van der Waals surface area contributed by atoms with Crippen LogP contribution in [-0.4, -0.2) is 36.0 Å². The van der Waals surface area contributed by atoms with E-state index in [-0.39, 0.29) is 5.75 Å². The van der Waals surface area contributed by atoms with Crippen molar-refractivity contribution in [1.29, 1.82) is 0 Å². The third-order valence-electron chi connectivity index (χ3n) is 2.56. The monoisotopic (exact) mass is 279 g/mol. The van der Waals surface area contributed by atoms with Crippen LogP contribution >= 0.6 is 11.8 Å². The fourth-order valence-electron chi connectivity index (χ4n) is 1.72. The summed E-state index contributed by atoms with van der Waals surface area (Å²) in [6.45, 7) is 0. The molecule has 0 saturated heterocycles. The maximum absolute atomic E-state index is 10.6. The smallest absolute Gasteiger partial charge is 0.313 e. The molecule has 0 amide bonds. The number of carboxylic acid groups (broad SMARTS) is 1. The highest BCUT2D eigenvalue weighted by atomic mass is 32.2. The summed E-state index contributed by atoms with van der Waals surface area (Å²) in [4.78, 5) is 14.9. The average Bonchev–Trinajstić information content (AvgIpc) is 2.43. The van der Waals surface area contributed by atoms with Gasteiger partial charge < -0.3 is 14.6 Å². The quantitative estimate of drug-likeness (QED) is 0.848. The zero-order chi connectivity index (χ0) is 13.8. The Bertz CT molecular complexity index is 615. The van der Waals surface area contributed by atoms with E-state index in [0.717, 1.165) is 10.8 Å². The van der Waals surface area contributed by atoms with E-state index in [2.05, 4.69) is 4.98 Å². The fraction of sp³-hybridized carbons (Fsp3) is 0.231. The number of aliphatic carboxylic acids is 1. The van der Waals surface area contributed by atoms with Crippen molar-refractivity contribution in [2.24, 2.45) is 0 Å². The molecule has 2 rings (SSSR count). The number of ether oxygens (including phenoxy) is 2. The zero-order valence-corrected chi connectivity index (χ0v) is 11.4. The Morgan fingerprint density at radius 1 is 1.32 bits per heavy atom. The van der Waals surface area contributed by atoms with Crippen molar-refractivity contribution in [3.8, 4) is 11.5 Å². The molecule has 100 valence electrons. The summed E-state index contributed by atoms with van der Waals surface area (Å²) >= 11 is 1.18. The number of hydrogen-bond acceptors (Lipinski definition) is 5. The summed E-state index contributed by atoms with van der Waals surface area (Å²) in [7, 11) is 3.13. The molecule has 0 aliphatic rings. The molecule has 0 atom stereocenters. The van der Waals surface area contributed by atoms with E-state index in [1.165, 1.54) is 11.8 Å². The lowest BCUT2D eigenvalue weighted by molar-refractivity contribution is -0.133. The van der Waals surface area contributed by atoms with E-state index in [1.807, 2.05) is 18.2 Å². The van der Waals surface area contributed by atoms with Crippen LogP contribution in [0.2, 0.25) is 0 Å². The highest BCUT2D eigenvalue weighted by molar-refractivity contribution is 8.00. The average molecular weight is 279 g/mol. The summed E-state index contributed by atoms with van der Waals surface area (Å²) < 4.78 is 10.5. The molecule has 0 radical (unpaired) electrons. The molecule has 0 bridgehead atoms. The first-order valence-corrected chi connectivity index (χ1v) is 6.49. The van der Waals surface area contributed by atoms with Crippen LogP contribution in [-0.2, 0) is 4.79 Å².